The Morgan fingerprint density at radius 3 is 2.34 bits per heavy atom. The average Bonchev–Trinajstić information content (AvgIpc) is 2.73. The van der Waals surface area contributed by atoms with E-state index in [2.05, 4.69) is 20.6 Å². The third-order valence-electron chi connectivity index (χ3n) is 4.20. The van der Waals surface area contributed by atoms with E-state index in [9.17, 15) is 0 Å². The van der Waals surface area contributed by atoms with Gasteiger partial charge in [0.2, 0.25) is 5.95 Å². The van der Waals surface area contributed by atoms with Crippen LogP contribution in [0.2, 0.25) is 0 Å². The van der Waals surface area contributed by atoms with Gasteiger partial charge in [-0.1, -0.05) is 6.07 Å². The van der Waals surface area contributed by atoms with Crippen molar-refractivity contribution in [2.45, 2.75) is 20.4 Å². The zero-order chi connectivity index (χ0) is 20.6. The van der Waals surface area contributed by atoms with Crippen LogP contribution >= 0.6 is 0 Å². The van der Waals surface area contributed by atoms with Crippen molar-refractivity contribution in [3.8, 4) is 17.2 Å². The van der Waals surface area contributed by atoms with Crippen LogP contribution in [0.25, 0.3) is 0 Å². The fraction of sp³-hybridized carbons (Fsp3) is 0.273. The molecule has 0 bridgehead atoms. The molecule has 1 aromatic heterocycles. The molecule has 1 heterocycles. The lowest BCUT2D eigenvalue weighted by Gasteiger charge is -2.12. The molecule has 0 fully saturated rings. The van der Waals surface area contributed by atoms with Gasteiger partial charge in [0.25, 0.3) is 0 Å². The number of hydrogen-bond acceptors (Lipinski definition) is 7. The van der Waals surface area contributed by atoms with Crippen LogP contribution in [0.15, 0.2) is 48.5 Å². The van der Waals surface area contributed by atoms with Crippen molar-refractivity contribution in [3.05, 3.63) is 59.8 Å². The summed E-state index contributed by atoms with van der Waals surface area (Å²) in [4.78, 5) is 9.02. The van der Waals surface area contributed by atoms with Crippen molar-refractivity contribution < 1.29 is 14.2 Å². The highest BCUT2D eigenvalue weighted by Crippen LogP contribution is 2.28. The summed E-state index contributed by atoms with van der Waals surface area (Å²) in [6.07, 6.45) is 0. The molecule has 7 heteroatoms. The van der Waals surface area contributed by atoms with Crippen LogP contribution in [0.4, 0.5) is 17.5 Å². The van der Waals surface area contributed by atoms with Crippen LogP contribution in [0.5, 0.6) is 17.2 Å². The summed E-state index contributed by atoms with van der Waals surface area (Å²) < 4.78 is 16.1. The molecule has 7 nitrogen and oxygen atoms in total. The Morgan fingerprint density at radius 1 is 0.897 bits per heavy atom. The smallest absolute Gasteiger partial charge is 0.229 e. The first-order valence-corrected chi connectivity index (χ1v) is 9.41. The molecule has 2 N–H and O–H groups in total. The van der Waals surface area contributed by atoms with E-state index in [0.717, 1.165) is 28.5 Å². The second-order valence-electron chi connectivity index (χ2n) is 6.34. The Hall–Kier alpha value is -3.48. The van der Waals surface area contributed by atoms with E-state index in [-0.39, 0.29) is 0 Å². The highest BCUT2D eigenvalue weighted by Gasteiger charge is 2.07. The largest absolute Gasteiger partial charge is 0.494 e. The average molecular weight is 394 g/mol. The fourth-order valence-electron chi connectivity index (χ4n) is 2.83. The summed E-state index contributed by atoms with van der Waals surface area (Å²) >= 11 is 0. The van der Waals surface area contributed by atoms with Gasteiger partial charge in [-0.05, 0) is 55.8 Å². The van der Waals surface area contributed by atoms with Crippen LogP contribution in [-0.4, -0.2) is 30.8 Å². The Morgan fingerprint density at radius 2 is 1.66 bits per heavy atom. The number of methoxy groups -OCH3 is 2. The van der Waals surface area contributed by atoms with Crippen LogP contribution in [0.3, 0.4) is 0 Å². The minimum Gasteiger partial charge on any atom is -0.494 e. The second kappa shape index (κ2) is 9.64. The number of anilines is 3. The van der Waals surface area contributed by atoms with Gasteiger partial charge in [0.05, 0.1) is 20.8 Å². The number of nitrogens with zero attached hydrogens (tertiary/aromatic N) is 2. The number of ether oxygens (including phenoxy) is 3. The number of benzene rings is 2. The van der Waals surface area contributed by atoms with Crippen LogP contribution in [0, 0.1) is 6.92 Å². The van der Waals surface area contributed by atoms with Gasteiger partial charge in [0.1, 0.15) is 11.6 Å². The molecule has 0 amide bonds. The van der Waals surface area contributed by atoms with Crippen LogP contribution in [-0.2, 0) is 6.54 Å². The van der Waals surface area contributed by atoms with E-state index in [1.165, 1.54) is 0 Å². The summed E-state index contributed by atoms with van der Waals surface area (Å²) in [5, 5.41) is 6.57. The standard InChI is InChI=1S/C22H26N4O3/c1-5-29-18-9-7-17(8-10-18)25-22-24-15(2)12-21(26-22)23-14-16-6-11-19(27-3)20(13-16)28-4/h6-13H,5,14H2,1-4H3,(H2,23,24,25,26). The van der Waals surface area contributed by atoms with Gasteiger partial charge in [-0.2, -0.15) is 4.98 Å². The monoisotopic (exact) mass is 394 g/mol. The van der Waals surface area contributed by atoms with E-state index in [4.69, 9.17) is 14.2 Å². The van der Waals surface area contributed by atoms with Gasteiger partial charge in [0, 0.05) is 24.0 Å². The minimum absolute atomic E-state index is 0.531. The van der Waals surface area contributed by atoms with Crippen molar-refractivity contribution in [3.63, 3.8) is 0 Å². The number of aryl methyl sites for hydroxylation is 1. The predicted molar refractivity (Wildman–Crippen MR) is 115 cm³/mol. The normalized spacial score (nSPS) is 10.3. The van der Waals surface area contributed by atoms with Gasteiger partial charge in [0.15, 0.2) is 11.5 Å². The van der Waals surface area contributed by atoms with E-state index < -0.39 is 0 Å². The van der Waals surface area contributed by atoms with Crippen molar-refractivity contribution >= 4 is 17.5 Å². The van der Waals surface area contributed by atoms with Gasteiger partial charge in [-0.25, -0.2) is 4.98 Å². The molecular weight excluding hydrogens is 368 g/mol. The lowest BCUT2D eigenvalue weighted by atomic mass is 10.2. The minimum atomic E-state index is 0.531. The van der Waals surface area contributed by atoms with E-state index in [1.807, 2.05) is 62.4 Å². The third-order valence-corrected chi connectivity index (χ3v) is 4.20. The van der Waals surface area contributed by atoms with Gasteiger partial charge < -0.3 is 24.8 Å². The SMILES string of the molecule is CCOc1ccc(Nc2nc(C)cc(NCc3ccc(OC)c(OC)c3)n2)cc1. The Balaban J connectivity index is 1.69. The molecule has 0 aliphatic heterocycles. The molecule has 3 aromatic rings. The molecule has 0 unspecified atom stereocenters. The van der Waals surface area contributed by atoms with E-state index in [0.29, 0.717) is 30.6 Å². The van der Waals surface area contributed by atoms with Crippen molar-refractivity contribution in [2.24, 2.45) is 0 Å². The summed E-state index contributed by atoms with van der Waals surface area (Å²) in [5.74, 6) is 3.50. The lowest BCUT2D eigenvalue weighted by Crippen LogP contribution is -2.06. The van der Waals surface area contributed by atoms with Crippen LogP contribution in [0.1, 0.15) is 18.2 Å². The molecule has 152 valence electrons. The molecule has 0 saturated heterocycles. The summed E-state index contributed by atoms with van der Waals surface area (Å²) in [6.45, 7) is 5.14. The Kier molecular flexibility index (Phi) is 6.73. The fourth-order valence-corrected chi connectivity index (χ4v) is 2.83. The molecule has 0 saturated carbocycles. The second-order valence-corrected chi connectivity index (χ2v) is 6.34. The first-order valence-electron chi connectivity index (χ1n) is 9.41. The zero-order valence-electron chi connectivity index (χ0n) is 17.2. The number of nitrogens with one attached hydrogen (secondary N) is 2. The highest BCUT2D eigenvalue weighted by atomic mass is 16.5. The highest BCUT2D eigenvalue weighted by molar-refractivity contribution is 5.56. The van der Waals surface area contributed by atoms with Gasteiger partial charge in [-0.15, -0.1) is 0 Å². The van der Waals surface area contributed by atoms with E-state index in [1.54, 1.807) is 14.2 Å². The lowest BCUT2D eigenvalue weighted by molar-refractivity contribution is 0.340. The van der Waals surface area contributed by atoms with Gasteiger partial charge in [-0.3, -0.25) is 0 Å². The predicted octanol–water partition coefficient (Wildman–Crippen LogP) is 4.56. The molecule has 0 atom stereocenters. The first kappa shape index (κ1) is 20.3. The maximum absolute atomic E-state index is 5.47. The summed E-state index contributed by atoms with van der Waals surface area (Å²) in [5.41, 5.74) is 2.81. The van der Waals surface area contributed by atoms with Crippen molar-refractivity contribution in [1.29, 1.82) is 0 Å². The van der Waals surface area contributed by atoms with Crippen LogP contribution < -0.4 is 24.8 Å². The quantitative estimate of drug-likeness (QED) is 0.551. The Labute approximate surface area is 171 Å². The maximum atomic E-state index is 5.47. The first-order chi connectivity index (χ1) is 14.1. The molecular formula is C22H26N4O3. The summed E-state index contributed by atoms with van der Waals surface area (Å²) in [7, 11) is 3.25. The van der Waals surface area contributed by atoms with Crippen molar-refractivity contribution in [1.82, 2.24) is 9.97 Å². The molecule has 0 radical (unpaired) electrons. The molecule has 0 spiro atoms. The topological polar surface area (TPSA) is 77.5 Å². The molecule has 0 aliphatic carbocycles. The van der Waals surface area contributed by atoms with Crippen molar-refractivity contribution in [2.75, 3.05) is 31.5 Å². The van der Waals surface area contributed by atoms with Gasteiger partial charge >= 0.3 is 0 Å². The number of rotatable bonds is 9. The molecule has 29 heavy (non-hydrogen) atoms. The third kappa shape index (κ3) is 5.51. The zero-order valence-corrected chi connectivity index (χ0v) is 17.2. The molecule has 3 rings (SSSR count). The molecule has 0 aliphatic rings. The molecule has 2 aromatic carbocycles. The summed E-state index contributed by atoms with van der Waals surface area (Å²) in [6, 6.07) is 15.4. The Bertz CT molecular complexity index is 945. The number of hydrogen-bond donors (Lipinski definition) is 2. The number of aromatic nitrogens is 2. The maximum Gasteiger partial charge on any atom is 0.229 e. The van der Waals surface area contributed by atoms with E-state index >= 15 is 0 Å².